The maximum Gasteiger partial charge on any atom is 0.416 e. The first kappa shape index (κ1) is 16.1. The van der Waals surface area contributed by atoms with Gasteiger partial charge in [-0.1, -0.05) is 6.07 Å². The standard InChI is InChI=1S/C13H11F3N2OS/c1-8(18)11(6-17)12(19)7-20-10-4-2-3-9(5-10)13(14,15)16/h2-5H,7,18H2,1H3/b11-8+. The molecule has 1 aromatic carbocycles. The van der Waals surface area contributed by atoms with Crippen molar-refractivity contribution < 1.29 is 18.0 Å². The Bertz CT molecular complexity index is 584. The molecule has 0 aliphatic heterocycles. The van der Waals surface area contributed by atoms with Gasteiger partial charge in [-0.15, -0.1) is 11.8 Å². The second-order valence-corrected chi connectivity index (χ2v) is 4.96. The highest BCUT2D eigenvalue weighted by atomic mass is 32.2. The lowest BCUT2D eigenvalue weighted by Crippen LogP contribution is -2.10. The van der Waals surface area contributed by atoms with Gasteiger partial charge in [0.15, 0.2) is 5.78 Å². The number of benzene rings is 1. The summed E-state index contributed by atoms with van der Waals surface area (Å²) in [5, 5.41) is 8.75. The molecule has 0 radical (unpaired) electrons. The van der Waals surface area contributed by atoms with Gasteiger partial charge in [0.05, 0.1) is 11.3 Å². The Morgan fingerprint density at radius 2 is 2.10 bits per heavy atom. The van der Waals surface area contributed by atoms with E-state index in [2.05, 4.69) is 0 Å². The quantitative estimate of drug-likeness (QED) is 0.527. The summed E-state index contributed by atoms with van der Waals surface area (Å²) in [6.07, 6.45) is -4.42. The van der Waals surface area contributed by atoms with E-state index in [9.17, 15) is 18.0 Å². The van der Waals surface area contributed by atoms with Crippen molar-refractivity contribution in [2.75, 3.05) is 5.75 Å². The van der Waals surface area contributed by atoms with Gasteiger partial charge in [0.1, 0.15) is 11.6 Å². The molecule has 106 valence electrons. The van der Waals surface area contributed by atoms with Gasteiger partial charge < -0.3 is 5.73 Å². The van der Waals surface area contributed by atoms with Crippen molar-refractivity contribution in [1.29, 1.82) is 5.26 Å². The molecule has 0 bridgehead atoms. The van der Waals surface area contributed by atoms with E-state index in [0.29, 0.717) is 4.90 Å². The molecular formula is C13H11F3N2OS. The molecule has 0 heterocycles. The van der Waals surface area contributed by atoms with Gasteiger partial charge in [0, 0.05) is 10.6 Å². The fourth-order valence-corrected chi connectivity index (χ4v) is 2.18. The van der Waals surface area contributed by atoms with E-state index in [1.54, 1.807) is 6.07 Å². The number of ketones is 1. The fraction of sp³-hybridized carbons (Fsp3) is 0.231. The van der Waals surface area contributed by atoms with Crippen LogP contribution < -0.4 is 5.73 Å². The molecule has 7 heteroatoms. The zero-order valence-corrected chi connectivity index (χ0v) is 11.3. The number of carbonyl (C=O) groups is 1. The largest absolute Gasteiger partial charge is 0.416 e. The number of carbonyl (C=O) groups excluding carboxylic acids is 1. The summed E-state index contributed by atoms with van der Waals surface area (Å²) >= 11 is 0.930. The van der Waals surface area contributed by atoms with Gasteiger partial charge in [-0.3, -0.25) is 4.79 Å². The third-order valence-corrected chi connectivity index (χ3v) is 3.31. The zero-order chi connectivity index (χ0) is 15.3. The summed E-state index contributed by atoms with van der Waals surface area (Å²) in [5.74, 6) is -0.645. The van der Waals surface area contributed by atoms with E-state index in [4.69, 9.17) is 11.0 Å². The van der Waals surface area contributed by atoms with Crippen molar-refractivity contribution in [3.8, 4) is 6.07 Å². The number of nitrogens with zero attached hydrogens (tertiary/aromatic N) is 1. The van der Waals surface area contributed by atoms with Crippen LogP contribution in [0.2, 0.25) is 0 Å². The van der Waals surface area contributed by atoms with Crippen LogP contribution in [-0.4, -0.2) is 11.5 Å². The highest BCUT2D eigenvalue weighted by Crippen LogP contribution is 2.31. The number of Topliss-reactive ketones (excluding diaryl/α,β-unsaturated/α-hetero) is 1. The normalized spacial score (nSPS) is 12.6. The van der Waals surface area contributed by atoms with Gasteiger partial charge in [0.2, 0.25) is 0 Å². The van der Waals surface area contributed by atoms with Crippen molar-refractivity contribution in [3.63, 3.8) is 0 Å². The van der Waals surface area contributed by atoms with E-state index < -0.39 is 17.5 Å². The van der Waals surface area contributed by atoms with E-state index in [1.165, 1.54) is 19.1 Å². The molecule has 0 amide bonds. The molecule has 3 nitrogen and oxygen atoms in total. The van der Waals surface area contributed by atoms with E-state index in [1.807, 2.05) is 0 Å². The van der Waals surface area contributed by atoms with Crippen molar-refractivity contribution in [3.05, 3.63) is 41.1 Å². The third-order valence-electron chi connectivity index (χ3n) is 2.32. The van der Waals surface area contributed by atoms with Crippen LogP contribution in [0.5, 0.6) is 0 Å². The highest BCUT2D eigenvalue weighted by molar-refractivity contribution is 8.00. The number of halogens is 3. The van der Waals surface area contributed by atoms with Crippen LogP contribution >= 0.6 is 11.8 Å². The van der Waals surface area contributed by atoms with Gasteiger partial charge in [-0.05, 0) is 25.1 Å². The van der Waals surface area contributed by atoms with Gasteiger partial charge in [0.25, 0.3) is 0 Å². The lowest BCUT2D eigenvalue weighted by atomic mass is 10.2. The minimum Gasteiger partial charge on any atom is -0.401 e. The lowest BCUT2D eigenvalue weighted by Gasteiger charge is -2.08. The van der Waals surface area contributed by atoms with Crippen LogP contribution in [0.4, 0.5) is 13.2 Å². The number of nitrogens with two attached hydrogens (primary N) is 1. The summed E-state index contributed by atoms with van der Waals surface area (Å²) in [4.78, 5) is 12.0. The number of thioether (sulfide) groups is 1. The molecule has 0 saturated heterocycles. The molecule has 0 aliphatic carbocycles. The van der Waals surface area contributed by atoms with Gasteiger partial charge in [-0.25, -0.2) is 0 Å². The Labute approximate surface area is 118 Å². The molecule has 0 fully saturated rings. The van der Waals surface area contributed by atoms with Crippen molar-refractivity contribution in [2.24, 2.45) is 5.73 Å². The zero-order valence-electron chi connectivity index (χ0n) is 10.5. The number of rotatable bonds is 4. The Kier molecular flexibility index (Phi) is 5.22. The van der Waals surface area contributed by atoms with Crippen LogP contribution in [0.3, 0.4) is 0 Å². The molecule has 0 aromatic heterocycles. The van der Waals surface area contributed by atoms with Crippen LogP contribution in [0.15, 0.2) is 40.4 Å². The number of hydrogen-bond acceptors (Lipinski definition) is 4. The smallest absolute Gasteiger partial charge is 0.401 e. The molecule has 0 atom stereocenters. The second-order valence-electron chi connectivity index (χ2n) is 3.91. The average Bonchev–Trinajstić information content (AvgIpc) is 2.36. The Morgan fingerprint density at radius 3 is 2.60 bits per heavy atom. The van der Waals surface area contributed by atoms with Crippen molar-refractivity contribution >= 4 is 17.5 Å². The predicted octanol–water partition coefficient (Wildman–Crippen LogP) is 3.12. The number of hydrogen-bond donors (Lipinski definition) is 1. The highest BCUT2D eigenvalue weighted by Gasteiger charge is 2.30. The maximum atomic E-state index is 12.5. The van der Waals surface area contributed by atoms with E-state index in [0.717, 1.165) is 23.9 Å². The minimum absolute atomic E-state index is 0.0992. The van der Waals surface area contributed by atoms with Crippen LogP contribution in [0, 0.1) is 11.3 Å². The monoisotopic (exact) mass is 300 g/mol. The molecule has 2 N–H and O–H groups in total. The summed E-state index contributed by atoms with van der Waals surface area (Å²) in [5.41, 5.74) is 4.54. The second kappa shape index (κ2) is 6.48. The number of allylic oxidation sites excluding steroid dienone is 2. The van der Waals surface area contributed by atoms with E-state index >= 15 is 0 Å². The van der Waals surface area contributed by atoms with Crippen LogP contribution in [0.25, 0.3) is 0 Å². The van der Waals surface area contributed by atoms with E-state index in [-0.39, 0.29) is 17.0 Å². The first-order valence-electron chi connectivity index (χ1n) is 5.45. The van der Waals surface area contributed by atoms with Gasteiger partial charge >= 0.3 is 6.18 Å². The summed E-state index contributed by atoms with van der Waals surface area (Å²) < 4.78 is 37.5. The summed E-state index contributed by atoms with van der Waals surface area (Å²) in [6, 6.07) is 6.34. The first-order chi connectivity index (χ1) is 9.25. The number of nitriles is 1. The van der Waals surface area contributed by atoms with Crippen molar-refractivity contribution in [1.82, 2.24) is 0 Å². The molecule has 0 unspecified atom stereocenters. The average molecular weight is 300 g/mol. The summed E-state index contributed by atoms with van der Waals surface area (Å²) in [6.45, 7) is 1.42. The summed E-state index contributed by atoms with van der Waals surface area (Å²) in [7, 11) is 0. The molecular weight excluding hydrogens is 289 g/mol. The molecule has 0 saturated carbocycles. The molecule has 0 aliphatic rings. The van der Waals surface area contributed by atoms with Crippen molar-refractivity contribution in [2.45, 2.75) is 18.0 Å². The SMILES string of the molecule is C/C(N)=C(/C#N)C(=O)CSc1cccc(C(F)(F)F)c1. The maximum absolute atomic E-state index is 12.5. The van der Waals surface area contributed by atoms with Gasteiger partial charge in [-0.2, -0.15) is 18.4 Å². The Hall–Kier alpha value is -1.94. The lowest BCUT2D eigenvalue weighted by molar-refractivity contribution is -0.137. The molecule has 1 aromatic rings. The third kappa shape index (κ3) is 4.31. The van der Waals surface area contributed by atoms with Crippen LogP contribution in [-0.2, 0) is 11.0 Å². The number of alkyl halides is 3. The predicted molar refractivity (Wildman–Crippen MR) is 69.7 cm³/mol. The fourth-order valence-electron chi connectivity index (χ4n) is 1.35. The van der Waals surface area contributed by atoms with Crippen LogP contribution in [0.1, 0.15) is 12.5 Å². The Balaban J connectivity index is 2.80. The topological polar surface area (TPSA) is 66.9 Å². The molecule has 20 heavy (non-hydrogen) atoms. The molecule has 0 spiro atoms. The molecule has 1 rings (SSSR count). The first-order valence-corrected chi connectivity index (χ1v) is 6.44. The minimum atomic E-state index is -4.42. The Morgan fingerprint density at radius 1 is 1.45 bits per heavy atom.